The molecule has 1 aromatic heterocycles. The number of carbonyl (C=O) groups excluding carboxylic acids is 2. The molecule has 0 aliphatic carbocycles. The standard InChI is InChI=1S/C23H25FN4O3S/c1-28(14-16-4-6-18-19(11-16)27-32-26-18)22(30)8-10-23(9-7-21(29)25-23)13-15-3-5-17(24)20(12-15)31-2/h3-6,11-12H,7-10,13-14H2,1-2H3,(H,25,29)/t23-/m1/s1. The monoisotopic (exact) mass is 456 g/mol. The lowest BCUT2D eigenvalue weighted by Gasteiger charge is -2.30. The fraction of sp³-hybridized carbons (Fsp3) is 0.391. The average molecular weight is 457 g/mol. The minimum absolute atomic E-state index is 0.00119. The summed E-state index contributed by atoms with van der Waals surface area (Å²) < 4.78 is 27.3. The average Bonchev–Trinajstić information content (AvgIpc) is 3.39. The van der Waals surface area contributed by atoms with E-state index in [-0.39, 0.29) is 17.6 Å². The van der Waals surface area contributed by atoms with Crippen molar-refractivity contribution in [3.8, 4) is 5.75 Å². The molecule has 0 bridgehead atoms. The van der Waals surface area contributed by atoms with Crippen LogP contribution in [0.3, 0.4) is 0 Å². The van der Waals surface area contributed by atoms with Crippen LogP contribution < -0.4 is 10.1 Å². The fourth-order valence-corrected chi connectivity index (χ4v) is 4.73. The molecule has 0 unspecified atom stereocenters. The first-order valence-corrected chi connectivity index (χ1v) is 11.2. The lowest BCUT2D eigenvalue weighted by atomic mass is 9.84. The van der Waals surface area contributed by atoms with Crippen molar-refractivity contribution < 1.29 is 18.7 Å². The van der Waals surface area contributed by atoms with Gasteiger partial charge in [0.05, 0.1) is 18.8 Å². The summed E-state index contributed by atoms with van der Waals surface area (Å²) in [6, 6.07) is 10.5. The Labute approximate surface area is 189 Å². The molecule has 2 aromatic carbocycles. The number of ether oxygens (including phenoxy) is 1. The molecular formula is C23H25FN4O3S. The van der Waals surface area contributed by atoms with Crippen molar-refractivity contribution in [3.05, 3.63) is 53.3 Å². The number of benzene rings is 2. The molecular weight excluding hydrogens is 431 g/mol. The van der Waals surface area contributed by atoms with Gasteiger partial charge in [-0.25, -0.2) is 4.39 Å². The number of halogens is 1. The van der Waals surface area contributed by atoms with Crippen molar-refractivity contribution in [1.82, 2.24) is 19.0 Å². The van der Waals surface area contributed by atoms with Crippen LogP contribution in [0.5, 0.6) is 5.75 Å². The van der Waals surface area contributed by atoms with Crippen molar-refractivity contribution in [2.24, 2.45) is 0 Å². The number of amides is 2. The maximum absolute atomic E-state index is 13.8. The quantitative estimate of drug-likeness (QED) is 0.561. The summed E-state index contributed by atoms with van der Waals surface area (Å²) >= 11 is 1.17. The molecule has 7 nitrogen and oxygen atoms in total. The van der Waals surface area contributed by atoms with E-state index in [4.69, 9.17) is 4.74 Å². The molecule has 1 fully saturated rings. The van der Waals surface area contributed by atoms with Crippen LogP contribution in [0.2, 0.25) is 0 Å². The first kappa shape index (κ1) is 22.1. The predicted molar refractivity (Wildman–Crippen MR) is 120 cm³/mol. The number of nitrogens with zero attached hydrogens (tertiary/aromatic N) is 3. The van der Waals surface area contributed by atoms with Gasteiger partial charge in [-0.1, -0.05) is 12.1 Å². The molecule has 1 saturated heterocycles. The van der Waals surface area contributed by atoms with E-state index in [1.165, 1.54) is 24.9 Å². The summed E-state index contributed by atoms with van der Waals surface area (Å²) in [4.78, 5) is 26.6. The summed E-state index contributed by atoms with van der Waals surface area (Å²) in [5.41, 5.74) is 3.00. The third-order valence-corrected chi connectivity index (χ3v) is 6.53. The van der Waals surface area contributed by atoms with Gasteiger partial charge in [-0.05, 0) is 54.7 Å². The number of methoxy groups -OCH3 is 1. The molecule has 168 valence electrons. The smallest absolute Gasteiger partial charge is 0.222 e. The number of carbonyl (C=O) groups is 2. The Morgan fingerprint density at radius 3 is 2.75 bits per heavy atom. The maximum Gasteiger partial charge on any atom is 0.222 e. The Morgan fingerprint density at radius 1 is 1.22 bits per heavy atom. The van der Waals surface area contributed by atoms with E-state index in [2.05, 4.69) is 14.1 Å². The molecule has 1 N–H and O–H groups in total. The lowest BCUT2D eigenvalue weighted by Crippen LogP contribution is -2.44. The van der Waals surface area contributed by atoms with Gasteiger partial charge < -0.3 is 15.0 Å². The van der Waals surface area contributed by atoms with Crippen molar-refractivity contribution in [1.29, 1.82) is 0 Å². The molecule has 1 aliphatic rings. The van der Waals surface area contributed by atoms with E-state index in [1.807, 2.05) is 18.2 Å². The third-order valence-electron chi connectivity index (χ3n) is 5.97. The molecule has 1 aliphatic heterocycles. The molecule has 0 spiro atoms. The number of hydrogen-bond acceptors (Lipinski definition) is 6. The van der Waals surface area contributed by atoms with Gasteiger partial charge in [-0.3, -0.25) is 9.59 Å². The van der Waals surface area contributed by atoms with Crippen molar-refractivity contribution >= 4 is 34.6 Å². The van der Waals surface area contributed by atoms with Gasteiger partial charge in [-0.2, -0.15) is 8.75 Å². The molecule has 9 heteroatoms. The minimum Gasteiger partial charge on any atom is -0.494 e. The Morgan fingerprint density at radius 2 is 2.00 bits per heavy atom. The van der Waals surface area contributed by atoms with Gasteiger partial charge in [-0.15, -0.1) is 0 Å². The van der Waals surface area contributed by atoms with Crippen LogP contribution in [0.15, 0.2) is 36.4 Å². The lowest BCUT2D eigenvalue weighted by molar-refractivity contribution is -0.131. The van der Waals surface area contributed by atoms with Gasteiger partial charge >= 0.3 is 0 Å². The van der Waals surface area contributed by atoms with Crippen LogP contribution >= 0.6 is 11.7 Å². The number of hydrogen-bond donors (Lipinski definition) is 1. The summed E-state index contributed by atoms with van der Waals surface area (Å²) in [5.74, 6) is -0.280. The second-order valence-corrected chi connectivity index (χ2v) is 8.84. The first-order valence-electron chi connectivity index (χ1n) is 10.5. The highest BCUT2D eigenvalue weighted by Crippen LogP contribution is 2.31. The van der Waals surface area contributed by atoms with Crippen LogP contribution in [-0.4, -0.2) is 45.2 Å². The maximum atomic E-state index is 13.8. The number of aromatic nitrogens is 2. The number of rotatable bonds is 8. The zero-order valence-corrected chi connectivity index (χ0v) is 18.9. The summed E-state index contributed by atoms with van der Waals surface area (Å²) in [5, 5.41) is 3.07. The van der Waals surface area contributed by atoms with Crippen LogP contribution in [0.25, 0.3) is 11.0 Å². The van der Waals surface area contributed by atoms with Crippen LogP contribution in [0, 0.1) is 5.82 Å². The molecule has 0 radical (unpaired) electrons. The van der Waals surface area contributed by atoms with Gasteiger partial charge in [0, 0.05) is 32.0 Å². The second kappa shape index (κ2) is 9.20. The topological polar surface area (TPSA) is 84.4 Å². The molecule has 1 atom stereocenters. The van der Waals surface area contributed by atoms with Gasteiger partial charge in [0.1, 0.15) is 11.0 Å². The highest BCUT2D eigenvalue weighted by atomic mass is 32.1. The molecule has 2 heterocycles. The van der Waals surface area contributed by atoms with Crippen LogP contribution in [0.4, 0.5) is 4.39 Å². The SMILES string of the molecule is COc1cc(C[C@]2(CCC(=O)N(C)Cc3ccc4nsnc4c3)CCC(=O)N2)ccc1F. The van der Waals surface area contributed by atoms with Crippen LogP contribution in [0.1, 0.15) is 36.8 Å². The van der Waals surface area contributed by atoms with Crippen LogP contribution in [-0.2, 0) is 22.6 Å². The van der Waals surface area contributed by atoms with Gasteiger partial charge in [0.25, 0.3) is 0 Å². The Bertz CT molecular complexity index is 1150. The zero-order chi connectivity index (χ0) is 22.7. The normalized spacial score (nSPS) is 18.0. The van der Waals surface area contributed by atoms with E-state index < -0.39 is 11.4 Å². The summed E-state index contributed by atoms with van der Waals surface area (Å²) in [6.45, 7) is 0.473. The highest BCUT2D eigenvalue weighted by molar-refractivity contribution is 7.00. The molecule has 32 heavy (non-hydrogen) atoms. The predicted octanol–water partition coefficient (Wildman–Crippen LogP) is 3.47. The number of fused-ring (bicyclic) bond motifs is 1. The van der Waals surface area contributed by atoms with E-state index in [1.54, 1.807) is 24.1 Å². The molecule has 0 saturated carbocycles. The van der Waals surface area contributed by atoms with E-state index >= 15 is 0 Å². The van der Waals surface area contributed by atoms with Crippen molar-refractivity contribution in [2.45, 2.75) is 44.2 Å². The summed E-state index contributed by atoms with van der Waals surface area (Å²) in [7, 11) is 3.20. The molecule has 2 amide bonds. The van der Waals surface area contributed by atoms with Crippen molar-refractivity contribution in [3.63, 3.8) is 0 Å². The van der Waals surface area contributed by atoms with Gasteiger partial charge in [0.15, 0.2) is 11.6 Å². The Kier molecular flexibility index (Phi) is 6.36. The highest BCUT2D eigenvalue weighted by Gasteiger charge is 2.38. The van der Waals surface area contributed by atoms with E-state index in [0.29, 0.717) is 38.6 Å². The largest absolute Gasteiger partial charge is 0.494 e. The Hall–Kier alpha value is -3.07. The summed E-state index contributed by atoms with van der Waals surface area (Å²) in [6.07, 6.45) is 2.38. The zero-order valence-electron chi connectivity index (χ0n) is 18.1. The number of nitrogens with one attached hydrogen (secondary N) is 1. The van der Waals surface area contributed by atoms with Gasteiger partial charge in [0.2, 0.25) is 11.8 Å². The first-order chi connectivity index (χ1) is 15.4. The third kappa shape index (κ3) is 4.88. The second-order valence-electron chi connectivity index (χ2n) is 8.31. The van der Waals surface area contributed by atoms with E-state index in [0.717, 1.165) is 22.2 Å². The minimum atomic E-state index is -0.526. The van der Waals surface area contributed by atoms with Crippen molar-refractivity contribution in [2.75, 3.05) is 14.2 Å². The molecule has 4 rings (SSSR count). The van der Waals surface area contributed by atoms with E-state index in [9.17, 15) is 14.0 Å². The Balaban J connectivity index is 1.41. The fourth-order valence-electron chi connectivity index (χ4n) is 4.21. The molecule has 3 aromatic rings.